The van der Waals surface area contributed by atoms with Crippen LogP contribution in [-0.4, -0.2) is 62.0 Å². The van der Waals surface area contributed by atoms with Gasteiger partial charge in [0.05, 0.1) is 17.6 Å². The van der Waals surface area contributed by atoms with E-state index in [1.807, 2.05) is 50.5 Å². The Balaban J connectivity index is 1.84. The number of aryl methyl sites for hydroxylation is 1. The van der Waals surface area contributed by atoms with Crippen molar-refractivity contribution in [3.63, 3.8) is 0 Å². The summed E-state index contributed by atoms with van der Waals surface area (Å²) in [5, 5.41) is 1.11. The molecule has 0 N–H and O–H groups in total. The Morgan fingerprint density at radius 2 is 1.72 bits per heavy atom. The second-order valence-corrected chi connectivity index (χ2v) is 7.82. The molecule has 1 amide bonds. The minimum atomic E-state index is 0.0853. The number of fused-ring (bicyclic) bond motifs is 1. The molecule has 3 aromatic rings. The molecule has 29 heavy (non-hydrogen) atoms. The molecule has 0 saturated carbocycles. The minimum Gasteiger partial charge on any atom is -0.492 e. The van der Waals surface area contributed by atoms with Crippen molar-refractivity contribution in [2.45, 2.75) is 13.3 Å². The average molecular weight is 392 g/mol. The number of hydrogen-bond acceptors (Lipinski definition) is 4. The summed E-state index contributed by atoms with van der Waals surface area (Å²) in [6.45, 7) is 3.64. The molecular weight excluding hydrogens is 362 g/mol. The largest absolute Gasteiger partial charge is 0.492 e. The molecular formula is C24H29N3O2. The predicted molar refractivity (Wildman–Crippen MR) is 118 cm³/mol. The number of carbonyl (C=O) groups excluding carboxylic acids is 1. The van der Waals surface area contributed by atoms with Crippen molar-refractivity contribution in [3.8, 4) is 17.0 Å². The van der Waals surface area contributed by atoms with Gasteiger partial charge in [0.25, 0.3) is 0 Å². The van der Waals surface area contributed by atoms with Crippen LogP contribution in [0.1, 0.15) is 11.1 Å². The van der Waals surface area contributed by atoms with Crippen LogP contribution in [0.5, 0.6) is 5.75 Å². The van der Waals surface area contributed by atoms with Crippen LogP contribution in [0, 0.1) is 6.92 Å². The minimum absolute atomic E-state index is 0.0853. The van der Waals surface area contributed by atoms with Crippen molar-refractivity contribution in [2.24, 2.45) is 0 Å². The lowest BCUT2D eigenvalue weighted by Crippen LogP contribution is -2.23. The molecule has 0 radical (unpaired) electrons. The SMILES string of the molecule is Cc1cc(-c2ccc(OCCN(C)C)cc2)nc2cc(CC(=O)N(C)C)ccc12. The molecule has 1 aromatic heterocycles. The smallest absolute Gasteiger partial charge is 0.226 e. The monoisotopic (exact) mass is 391 g/mol. The summed E-state index contributed by atoms with van der Waals surface area (Å²) in [5.41, 5.74) is 5.03. The second-order valence-electron chi connectivity index (χ2n) is 7.82. The Morgan fingerprint density at radius 1 is 1.00 bits per heavy atom. The molecule has 1 heterocycles. The molecule has 0 spiro atoms. The summed E-state index contributed by atoms with van der Waals surface area (Å²) in [4.78, 5) is 20.6. The fourth-order valence-electron chi connectivity index (χ4n) is 3.11. The highest BCUT2D eigenvalue weighted by molar-refractivity contribution is 5.87. The number of rotatable bonds is 7. The molecule has 0 aliphatic heterocycles. The lowest BCUT2D eigenvalue weighted by atomic mass is 10.0. The van der Waals surface area contributed by atoms with Crippen molar-refractivity contribution >= 4 is 16.8 Å². The van der Waals surface area contributed by atoms with Gasteiger partial charge in [-0.1, -0.05) is 12.1 Å². The molecule has 0 fully saturated rings. The number of benzene rings is 2. The first-order valence-electron chi connectivity index (χ1n) is 9.82. The first kappa shape index (κ1) is 20.8. The lowest BCUT2D eigenvalue weighted by Gasteiger charge is -2.12. The molecule has 2 aromatic carbocycles. The second kappa shape index (κ2) is 9.05. The van der Waals surface area contributed by atoms with Gasteiger partial charge in [-0.05, 0) is 68.5 Å². The van der Waals surface area contributed by atoms with Gasteiger partial charge in [-0.15, -0.1) is 0 Å². The van der Waals surface area contributed by atoms with E-state index < -0.39 is 0 Å². The van der Waals surface area contributed by atoms with E-state index >= 15 is 0 Å². The van der Waals surface area contributed by atoms with Gasteiger partial charge in [0.2, 0.25) is 5.91 Å². The van der Waals surface area contributed by atoms with Crippen LogP contribution >= 0.6 is 0 Å². The number of hydrogen-bond donors (Lipinski definition) is 0. The summed E-state index contributed by atoms with van der Waals surface area (Å²) in [7, 11) is 7.61. The molecule has 3 rings (SSSR count). The van der Waals surface area contributed by atoms with Crippen molar-refractivity contribution < 1.29 is 9.53 Å². The van der Waals surface area contributed by atoms with Gasteiger partial charge in [-0.3, -0.25) is 4.79 Å². The zero-order chi connectivity index (χ0) is 21.0. The normalized spacial score (nSPS) is 11.1. The molecule has 0 atom stereocenters. The third kappa shape index (κ3) is 5.33. The van der Waals surface area contributed by atoms with Crippen LogP contribution < -0.4 is 4.74 Å². The van der Waals surface area contributed by atoms with Crippen molar-refractivity contribution in [2.75, 3.05) is 41.3 Å². The summed E-state index contributed by atoms with van der Waals surface area (Å²) in [6, 6.07) is 16.2. The van der Waals surface area contributed by atoms with Crippen LogP contribution in [0.4, 0.5) is 0 Å². The maximum Gasteiger partial charge on any atom is 0.226 e. The highest BCUT2D eigenvalue weighted by Crippen LogP contribution is 2.26. The van der Waals surface area contributed by atoms with Gasteiger partial charge in [-0.2, -0.15) is 0 Å². The Bertz CT molecular complexity index is 995. The van der Waals surface area contributed by atoms with Gasteiger partial charge in [0.1, 0.15) is 12.4 Å². The fraction of sp³-hybridized carbons (Fsp3) is 0.333. The summed E-state index contributed by atoms with van der Waals surface area (Å²) in [6.07, 6.45) is 0.382. The zero-order valence-corrected chi connectivity index (χ0v) is 17.9. The number of aromatic nitrogens is 1. The highest BCUT2D eigenvalue weighted by atomic mass is 16.5. The maximum absolute atomic E-state index is 12.0. The molecule has 5 nitrogen and oxygen atoms in total. The Labute approximate surface area is 172 Å². The van der Waals surface area contributed by atoms with Crippen LogP contribution in [0.25, 0.3) is 22.2 Å². The number of carbonyl (C=O) groups is 1. The Morgan fingerprint density at radius 3 is 2.38 bits per heavy atom. The fourth-order valence-corrected chi connectivity index (χ4v) is 3.11. The standard InChI is InChI=1S/C24H29N3O2/c1-17-14-22(19-7-9-20(10-8-19)29-13-12-26(2)3)25-23-15-18(6-11-21(17)23)16-24(28)27(4)5/h6-11,14-15H,12-13,16H2,1-5H3. The first-order valence-corrected chi connectivity index (χ1v) is 9.82. The van der Waals surface area contributed by atoms with Crippen LogP contribution in [0.3, 0.4) is 0 Å². The van der Waals surface area contributed by atoms with Gasteiger partial charge in [0, 0.05) is 31.6 Å². The third-order valence-corrected chi connectivity index (χ3v) is 4.89. The molecule has 5 heteroatoms. The molecule has 0 bridgehead atoms. The summed E-state index contributed by atoms with van der Waals surface area (Å²) in [5.74, 6) is 0.944. The number of ether oxygens (including phenoxy) is 1. The predicted octanol–water partition coefficient (Wildman–Crippen LogP) is 3.78. The summed E-state index contributed by atoms with van der Waals surface area (Å²) < 4.78 is 5.78. The van der Waals surface area contributed by atoms with E-state index in [0.29, 0.717) is 13.0 Å². The molecule has 0 aliphatic rings. The number of nitrogens with zero attached hydrogens (tertiary/aromatic N) is 3. The molecule has 0 aliphatic carbocycles. The van der Waals surface area contributed by atoms with E-state index in [9.17, 15) is 4.79 Å². The van der Waals surface area contributed by atoms with Gasteiger partial charge in [0.15, 0.2) is 0 Å². The number of likely N-dealkylation sites (N-methyl/N-ethyl adjacent to an activating group) is 2. The van der Waals surface area contributed by atoms with Gasteiger partial charge >= 0.3 is 0 Å². The summed E-state index contributed by atoms with van der Waals surface area (Å²) >= 11 is 0. The molecule has 152 valence electrons. The van der Waals surface area contributed by atoms with Crippen molar-refractivity contribution in [1.82, 2.24) is 14.8 Å². The van der Waals surface area contributed by atoms with E-state index in [1.54, 1.807) is 19.0 Å². The molecule has 0 saturated heterocycles. The topological polar surface area (TPSA) is 45.7 Å². The van der Waals surface area contributed by atoms with E-state index in [0.717, 1.165) is 40.0 Å². The van der Waals surface area contributed by atoms with Crippen LogP contribution in [0.15, 0.2) is 48.5 Å². The molecule has 0 unspecified atom stereocenters. The first-order chi connectivity index (χ1) is 13.8. The number of pyridine rings is 1. The lowest BCUT2D eigenvalue weighted by molar-refractivity contribution is -0.127. The van der Waals surface area contributed by atoms with Gasteiger partial charge < -0.3 is 14.5 Å². The Hall–Kier alpha value is -2.92. The van der Waals surface area contributed by atoms with Crippen LogP contribution in [0.2, 0.25) is 0 Å². The quantitative estimate of drug-likeness (QED) is 0.615. The van der Waals surface area contributed by atoms with Crippen LogP contribution in [-0.2, 0) is 11.2 Å². The average Bonchev–Trinajstić information content (AvgIpc) is 2.68. The van der Waals surface area contributed by atoms with Gasteiger partial charge in [-0.25, -0.2) is 4.98 Å². The highest BCUT2D eigenvalue weighted by Gasteiger charge is 2.10. The van der Waals surface area contributed by atoms with E-state index in [2.05, 4.69) is 24.0 Å². The van der Waals surface area contributed by atoms with Crippen molar-refractivity contribution in [1.29, 1.82) is 0 Å². The van der Waals surface area contributed by atoms with Crippen molar-refractivity contribution in [3.05, 3.63) is 59.7 Å². The zero-order valence-electron chi connectivity index (χ0n) is 17.9. The van der Waals surface area contributed by atoms with E-state index in [1.165, 1.54) is 5.56 Å². The number of amides is 1. The maximum atomic E-state index is 12.0. The van der Waals surface area contributed by atoms with E-state index in [-0.39, 0.29) is 5.91 Å². The Kier molecular flexibility index (Phi) is 6.49. The van der Waals surface area contributed by atoms with E-state index in [4.69, 9.17) is 9.72 Å². The third-order valence-electron chi connectivity index (χ3n) is 4.89.